The van der Waals surface area contributed by atoms with Crippen LogP contribution in [0.2, 0.25) is 0 Å². The van der Waals surface area contributed by atoms with E-state index in [4.69, 9.17) is 10.5 Å². The summed E-state index contributed by atoms with van der Waals surface area (Å²) < 4.78 is 5.29. The minimum absolute atomic E-state index is 0.156. The van der Waals surface area contributed by atoms with Gasteiger partial charge in [0.15, 0.2) is 0 Å². The molecule has 5 nitrogen and oxygen atoms in total. The van der Waals surface area contributed by atoms with Crippen molar-refractivity contribution in [2.24, 2.45) is 11.7 Å². The second kappa shape index (κ2) is 5.38. The fourth-order valence-electron chi connectivity index (χ4n) is 2.00. The Hall–Kier alpha value is -1.26. The summed E-state index contributed by atoms with van der Waals surface area (Å²) in [5.41, 5.74) is 4.96. The molecule has 0 spiro atoms. The number of ether oxygens (including phenoxy) is 1. The third-order valence-corrected chi connectivity index (χ3v) is 2.78. The highest BCUT2D eigenvalue weighted by Gasteiger charge is 2.28. The Morgan fingerprint density at radius 3 is 2.47 bits per heavy atom. The SMILES string of the molecule is CC(C)(C)NC(=O)OC1CCCC(C(N)=O)C1. The maximum atomic E-state index is 11.6. The van der Waals surface area contributed by atoms with Crippen LogP contribution in [0.1, 0.15) is 46.5 Å². The van der Waals surface area contributed by atoms with Crippen molar-refractivity contribution in [1.82, 2.24) is 5.32 Å². The number of carbonyl (C=O) groups is 2. The van der Waals surface area contributed by atoms with Gasteiger partial charge in [-0.3, -0.25) is 4.79 Å². The Bertz CT molecular complexity index is 297. The Morgan fingerprint density at radius 2 is 1.94 bits per heavy atom. The Labute approximate surface area is 102 Å². The zero-order valence-corrected chi connectivity index (χ0v) is 10.8. The number of rotatable bonds is 2. The molecule has 1 aliphatic rings. The van der Waals surface area contributed by atoms with Crippen molar-refractivity contribution in [2.45, 2.75) is 58.1 Å². The van der Waals surface area contributed by atoms with Crippen LogP contribution in [-0.4, -0.2) is 23.6 Å². The highest BCUT2D eigenvalue weighted by molar-refractivity contribution is 5.76. The van der Waals surface area contributed by atoms with Crippen molar-refractivity contribution < 1.29 is 14.3 Å². The first-order valence-electron chi connectivity index (χ1n) is 6.06. The van der Waals surface area contributed by atoms with Crippen LogP contribution in [0, 0.1) is 5.92 Å². The predicted octanol–water partition coefficient (Wildman–Crippen LogP) is 1.56. The summed E-state index contributed by atoms with van der Waals surface area (Å²) in [6.07, 6.45) is 2.42. The van der Waals surface area contributed by atoms with E-state index in [0.717, 1.165) is 19.3 Å². The van der Waals surface area contributed by atoms with E-state index in [-0.39, 0.29) is 23.5 Å². The molecule has 5 heteroatoms. The number of alkyl carbamates (subject to hydrolysis) is 1. The lowest BCUT2D eigenvalue weighted by Gasteiger charge is -2.28. The molecule has 1 saturated carbocycles. The van der Waals surface area contributed by atoms with Gasteiger partial charge in [0.25, 0.3) is 0 Å². The van der Waals surface area contributed by atoms with Crippen LogP contribution in [0.4, 0.5) is 4.79 Å². The molecule has 17 heavy (non-hydrogen) atoms. The van der Waals surface area contributed by atoms with Crippen molar-refractivity contribution in [3.8, 4) is 0 Å². The minimum Gasteiger partial charge on any atom is -0.446 e. The Kier molecular flexibility index (Phi) is 4.37. The predicted molar refractivity (Wildman–Crippen MR) is 64.3 cm³/mol. The molecule has 1 rings (SSSR count). The lowest BCUT2D eigenvalue weighted by molar-refractivity contribution is -0.124. The van der Waals surface area contributed by atoms with Gasteiger partial charge in [-0.1, -0.05) is 0 Å². The van der Waals surface area contributed by atoms with Crippen molar-refractivity contribution >= 4 is 12.0 Å². The van der Waals surface area contributed by atoms with Crippen LogP contribution in [0.3, 0.4) is 0 Å². The van der Waals surface area contributed by atoms with Crippen LogP contribution >= 0.6 is 0 Å². The second-order valence-corrected chi connectivity index (χ2v) is 5.67. The number of hydrogen-bond acceptors (Lipinski definition) is 3. The number of nitrogens with one attached hydrogen (secondary N) is 1. The molecule has 0 saturated heterocycles. The van der Waals surface area contributed by atoms with E-state index in [2.05, 4.69) is 5.32 Å². The highest BCUT2D eigenvalue weighted by Crippen LogP contribution is 2.26. The third-order valence-electron chi connectivity index (χ3n) is 2.78. The number of nitrogens with two attached hydrogens (primary N) is 1. The van der Waals surface area contributed by atoms with Crippen LogP contribution < -0.4 is 11.1 Å². The van der Waals surface area contributed by atoms with Gasteiger partial charge in [0.2, 0.25) is 5.91 Å². The maximum absolute atomic E-state index is 11.6. The molecule has 0 radical (unpaired) electrons. The van der Waals surface area contributed by atoms with Crippen molar-refractivity contribution in [3.63, 3.8) is 0 Å². The molecular formula is C12H22N2O3. The number of primary amides is 1. The second-order valence-electron chi connectivity index (χ2n) is 5.67. The molecule has 3 N–H and O–H groups in total. The lowest BCUT2D eigenvalue weighted by Crippen LogP contribution is -2.43. The van der Waals surface area contributed by atoms with Crippen LogP contribution in [-0.2, 0) is 9.53 Å². The van der Waals surface area contributed by atoms with Crippen LogP contribution in [0.15, 0.2) is 0 Å². The standard InChI is InChI=1S/C12H22N2O3/c1-12(2,3)14-11(16)17-9-6-4-5-8(7-9)10(13)15/h8-9H,4-7H2,1-3H3,(H2,13,15)(H,14,16). The van der Waals surface area contributed by atoms with Gasteiger partial charge in [0, 0.05) is 11.5 Å². The van der Waals surface area contributed by atoms with Gasteiger partial charge in [-0.15, -0.1) is 0 Å². The molecule has 0 heterocycles. The molecule has 0 aromatic carbocycles. The van der Waals surface area contributed by atoms with E-state index in [1.165, 1.54) is 0 Å². The van der Waals surface area contributed by atoms with Gasteiger partial charge in [-0.05, 0) is 46.5 Å². The average Bonchev–Trinajstić information content (AvgIpc) is 2.14. The lowest BCUT2D eigenvalue weighted by atomic mass is 9.87. The molecule has 0 aliphatic heterocycles. The van der Waals surface area contributed by atoms with E-state index in [9.17, 15) is 9.59 Å². The summed E-state index contributed by atoms with van der Waals surface area (Å²) in [6, 6.07) is 0. The fraction of sp³-hybridized carbons (Fsp3) is 0.833. The largest absolute Gasteiger partial charge is 0.446 e. The first-order valence-corrected chi connectivity index (χ1v) is 6.06. The summed E-state index contributed by atoms with van der Waals surface area (Å²) in [6.45, 7) is 5.67. The quantitative estimate of drug-likeness (QED) is 0.771. The number of amides is 2. The van der Waals surface area contributed by atoms with E-state index in [1.54, 1.807) is 0 Å². The van der Waals surface area contributed by atoms with Gasteiger partial charge in [0.05, 0.1) is 0 Å². The molecule has 0 bridgehead atoms. The average molecular weight is 242 g/mol. The zero-order valence-electron chi connectivity index (χ0n) is 10.8. The fourth-order valence-corrected chi connectivity index (χ4v) is 2.00. The van der Waals surface area contributed by atoms with Gasteiger partial charge < -0.3 is 15.8 Å². The van der Waals surface area contributed by atoms with Crippen molar-refractivity contribution in [2.75, 3.05) is 0 Å². The topological polar surface area (TPSA) is 81.4 Å². The molecule has 1 fully saturated rings. The van der Waals surface area contributed by atoms with Crippen LogP contribution in [0.25, 0.3) is 0 Å². The zero-order chi connectivity index (χ0) is 13.1. The molecule has 98 valence electrons. The van der Waals surface area contributed by atoms with Crippen molar-refractivity contribution in [1.29, 1.82) is 0 Å². The molecule has 0 aromatic heterocycles. The summed E-state index contributed by atoms with van der Waals surface area (Å²) in [4.78, 5) is 22.6. The normalized spacial score (nSPS) is 25.1. The van der Waals surface area contributed by atoms with E-state index in [1.807, 2.05) is 20.8 Å². The summed E-state index contributed by atoms with van der Waals surface area (Å²) in [5.74, 6) is -0.453. The number of carbonyl (C=O) groups excluding carboxylic acids is 2. The summed E-state index contributed by atoms with van der Waals surface area (Å²) in [5, 5.41) is 2.73. The first-order chi connectivity index (χ1) is 7.78. The molecule has 2 atom stereocenters. The van der Waals surface area contributed by atoms with E-state index < -0.39 is 6.09 Å². The van der Waals surface area contributed by atoms with Crippen molar-refractivity contribution in [3.05, 3.63) is 0 Å². The smallest absolute Gasteiger partial charge is 0.407 e. The third kappa shape index (κ3) is 5.06. The summed E-state index contributed by atoms with van der Waals surface area (Å²) in [7, 11) is 0. The monoisotopic (exact) mass is 242 g/mol. The van der Waals surface area contributed by atoms with Gasteiger partial charge in [-0.2, -0.15) is 0 Å². The van der Waals surface area contributed by atoms with Gasteiger partial charge >= 0.3 is 6.09 Å². The summed E-state index contributed by atoms with van der Waals surface area (Å²) >= 11 is 0. The molecule has 2 amide bonds. The van der Waals surface area contributed by atoms with E-state index in [0.29, 0.717) is 6.42 Å². The minimum atomic E-state index is -0.423. The Morgan fingerprint density at radius 1 is 1.29 bits per heavy atom. The number of hydrogen-bond donors (Lipinski definition) is 2. The molecule has 1 aliphatic carbocycles. The maximum Gasteiger partial charge on any atom is 0.407 e. The molecule has 0 aromatic rings. The highest BCUT2D eigenvalue weighted by atomic mass is 16.6. The van der Waals surface area contributed by atoms with Gasteiger partial charge in [0.1, 0.15) is 6.10 Å². The van der Waals surface area contributed by atoms with Crippen LogP contribution in [0.5, 0.6) is 0 Å². The molecular weight excluding hydrogens is 220 g/mol. The van der Waals surface area contributed by atoms with Gasteiger partial charge in [-0.25, -0.2) is 4.79 Å². The van der Waals surface area contributed by atoms with E-state index >= 15 is 0 Å². The molecule has 2 unspecified atom stereocenters. The first kappa shape index (κ1) is 13.8. The Balaban J connectivity index is 2.41.